The fourth-order valence-electron chi connectivity index (χ4n) is 0.814. The Morgan fingerprint density at radius 2 is 1.14 bits per heavy atom. The zero-order chi connectivity index (χ0) is 11.1. The summed E-state index contributed by atoms with van der Waals surface area (Å²) in [5, 5.41) is 0. The molecular weight excluding hydrogens is 252 g/mol. The van der Waals surface area contributed by atoms with E-state index in [1.165, 1.54) is 0 Å². The maximum Gasteiger partial charge on any atom is 0.0702 e. The van der Waals surface area contributed by atoms with E-state index in [-0.39, 0.29) is 0 Å². The van der Waals surface area contributed by atoms with Gasteiger partial charge in [-0.15, -0.1) is 0 Å². The van der Waals surface area contributed by atoms with Gasteiger partial charge in [-0.1, -0.05) is 21.6 Å². The average molecular weight is 273 g/mol. The number of nitrogens with zero attached hydrogens (tertiary/aromatic N) is 2. The normalized spacial score (nSPS) is 16.3. The molecule has 2 unspecified atom stereocenters. The molecule has 2 atom stereocenters. The third-order valence-electron chi connectivity index (χ3n) is 1.32. The van der Waals surface area contributed by atoms with Crippen LogP contribution in [0.15, 0.2) is 0 Å². The Hall–Kier alpha value is 1.32. The first-order chi connectivity index (χ1) is 6.41. The molecule has 0 aliphatic heterocycles. The van der Waals surface area contributed by atoms with E-state index >= 15 is 0 Å². The van der Waals surface area contributed by atoms with Crippen molar-refractivity contribution in [3.8, 4) is 0 Å². The molecule has 0 fully saturated rings. The first-order valence-corrected chi connectivity index (χ1v) is 7.70. The summed E-state index contributed by atoms with van der Waals surface area (Å²) in [6.07, 6.45) is 0. The van der Waals surface area contributed by atoms with Gasteiger partial charge in [0, 0.05) is 13.1 Å². The van der Waals surface area contributed by atoms with Gasteiger partial charge in [-0.05, 0) is 28.2 Å². The van der Waals surface area contributed by atoms with Crippen molar-refractivity contribution < 1.29 is 0 Å². The topological polar surface area (TPSA) is 6.48 Å². The average Bonchev–Trinajstić information content (AvgIpc) is 1.98. The number of hydrogen-bond acceptors (Lipinski definition) is 6. The fraction of sp³-hybridized carbons (Fsp3) is 1.00. The van der Waals surface area contributed by atoms with Gasteiger partial charge >= 0.3 is 0 Å². The monoisotopic (exact) mass is 272 g/mol. The predicted octanol–water partition coefficient (Wildman–Crippen LogP) is 2.00. The Kier molecular flexibility index (Phi) is 9.27. The molecule has 0 aliphatic rings. The first kappa shape index (κ1) is 15.3. The van der Waals surface area contributed by atoms with Crippen LogP contribution >= 0.6 is 46.8 Å². The van der Waals surface area contributed by atoms with Gasteiger partial charge in [0.1, 0.15) is 0 Å². The molecule has 0 aromatic rings. The molecule has 0 N–H and O–H groups in total. The van der Waals surface area contributed by atoms with E-state index in [4.69, 9.17) is 0 Å². The van der Waals surface area contributed by atoms with Gasteiger partial charge in [0.25, 0.3) is 0 Å². The van der Waals surface area contributed by atoms with Crippen LogP contribution in [0.1, 0.15) is 0 Å². The lowest BCUT2D eigenvalue weighted by Crippen LogP contribution is -2.21. The highest BCUT2D eigenvalue weighted by Gasteiger charge is 2.10. The lowest BCUT2D eigenvalue weighted by Gasteiger charge is -2.19. The molecule has 0 aromatic carbocycles. The van der Waals surface area contributed by atoms with E-state index in [1.807, 2.05) is 0 Å². The smallest absolute Gasteiger partial charge is 0.0702 e. The lowest BCUT2D eigenvalue weighted by atomic mass is 10.7. The van der Waals surface area contributed by atoms with Gasteiger partial charge in [-0.2, -0.15) is 25.3 Å². The van der Waals surface area contributed by atoms with Crippen LogP contribution in [-0.4, -0.2) is 60.2 Å². The van der Waals surface area contributed by atoms with E-state index < -0.39 is 0 Å². The van der Waals surface area contributed by atoms with Crippen LogP contribution in [0.2, 0.25) is 0 Å². The van der Waals surface area contributed by atoms with Gasteiger partial charge in [-0.3, -0.25) is 0 Å². The van der Waals surface area contributed by atoms with Crippen LogP contribution in [0.4, 0.5) is 0 Å². The van der Waals surface area contributed by atoms with Gasteiger partial charge in [0.05, 0.1) is 9.16 Å². The SMILES string of the molecule is CN(C)CC(S)SSC(S)CN(C)C. The molecule has 0 amide bonds. The van der Waals surface area contributed by atoms with E-state index in [0.29, 0.717) is 9.16 Å². The number of hydrogen-bond donors (Lipinski definition) is 2. The number of thiol groups is 2. The van der Waals surface area contributed by atoms with Crippen molar-refractivity contribution in [3.05, 3.63) is 0 Å². The summed E-state index contributed by atoms with van der Waals surface area (Å²) in [7, 11) is 11.8. The van der Waals surface area contributed by atoms with Crippen molar-refractivity contribution in [2.45, 2.75) is 9.16 Å². The van der Waals surface area contributed by atoms with E-state index in [9.17, 15) is 0 Å². The Bertz CT molecular complexity index is 127. The standard InChI is InChI=1S/C8H20N2S4/c1-9(2)5-7(11)13-14-8(12)6-10(3)4/h7-8,11-12H,5-6H2,1-4H3. The van der Waals surface area contributed by atoms with Crippen LogP contribution in [-0.2, 0) is 0 Å². The molecule has 0 heterocycles. The molecule has 0 spiro atoms. The minimum absolute atomic E-state index is 0.354. The summed E-state index contributed by atoms with van der Waals surface area (Å²) < 4.78 is 0.707. The Balaban J connectivity index is 3.50. The van der Waals surface area contributed by atoms with E-state index in [0.717, 1.165) is 13.1 Å². The minimum atomic E-state index is 0.354. The van der Waals surface area contributed by atoms with Crippen LogP contribution < -0.4 is 0 Å². The second-order valence-electron chi connectivity index (χ2n) is 3.63. The summed E-state index contributed by atoms with van der Waals surface area (Å²) >= 11 is 8.98. The van der Waals surface area contributed by atoms with Gasteiger partial charge < -0.3 is 9.80 Å². The van der Waals surface area contributed by atoms with Crippen LogP contribution in [0.5, 0.6) is 0 Å². The highest BCUT2D eigenvalue weighted by molar-refractivity contribution is 8.79. The van der Waals surface area contributed by atoms with Gasteiger partial charge in [0.2, 0.25) is 0 Å². The number of rotatable bonds is 7. The Morgan fingerprint density at radius 1 is 0.857 bits per heavy atom. The summed E-state index contributed by atoms with van der Waals surface area (Å²) in [4.78, 5) is 4.29. The van der Waals surface area contributed by atoms with Crippen LogP contribution in [0, 0.1) is 0 Å². The van der Waals surface area contributed by atoms with Crippen molar-refractivity contribution in [1.29, 1.82) is 0 Å². The van der Waals surface area contributed by atoms with Crippen molar-refractivity contribution in [3.63, 3.8) is 0 Å². The quantitative estimate of drug-likeness (QED) is 0.416. The second-order valence-corrected chi connectivity index (χ2v) is 8.25. The molecular formula is C8H20N2S4. The maximum absolute atomic E-state index is 4.49. The first-order valence-electron chi connectivity index (χ1n) is 4.39. The van der Waals surface area contributed by atoms with E-state index in [1.54, 1.807) is 21.6 Å². The van der Waals surface area contributed by atoms with Crippen LogP contribution in [0.3, 0.4) is 0 Å². The highest BCUT2D eigenvalue weighted by atomic mass is 33.1. The largest absolute Gasteiger partial charge is 0.307 e. The fourth-order valence-corrected chi connectivity index (χ4v) is 4.47. The molecule has 0 saturated heterocycles. The maximum atomic E-state index is 4.49. The molecule has 0 aliphatic carbocycles. The zero-order valence-electron chi connectivity index (χ0n) is 9.17. The third-order valence-corrected chi connectivity index (χ3v) is 5.72. The Labute approximate surface area is 107 Å². The van der Waals surface area contributed by atoms with Crippen molar-refractivity contribution >= 4 is 46.8 Å². The zero-order valence-corrected chi connectivity index (χ0v) is 12.6. The molecule has 0 bridgehead atoms. The molecule has 14 heavy (non-hydrogen) atoms. The molecule has 2 nitrogen and oxygen atoms in total. The van der Waals surface area contributed by atoms with E-state index in [2.05, 4.69) is 63.2 Å². The Morgan fingerprint density at radius 3 is 1.36 bits per heavy atom. The van der Waals surface area contributed by atoms with Crippen molar-refractivity contribution in [2.75, 3.05) is 41.3 Å². The third kappa shape index (κ3) is 9.86. The predicted molar refractivity (Wildman–Crippen MR) is 77.8 cm³/mol. The van der Waals surface area contributed by atoms with Gasteiger partial charge in [-0.25, -0.2) is 0 Å². The lowest BCUT2D eigenvalue weighted by molar-refractivity contribution is 0.430. The van der Waals surface area contributed by atoms with Crippen molar-refractivity contribution in [2.24, 2.45) is 0 Å². The highest BCUT2D eigenvalue weighted by Crippen LogP contribution is 2.34. The molecule has 86 valence electrons. The van der Waals surface area contributed by atoms with Gasteiger partial charge in [0.15, 0.2) is 0 Å². The summed E-state index contributed by atoms with van der Waals surface area (Å²) in [5.74, 6) is 0. The molecule has 0 aromatic heterocycles. The molecule has 6 heteroatoms. The summed E-state index contributed by atoms with van der Waals surface area (Å²) in [5.41, 5.74) is 0. The minimum Gasteiger partial charge on any atom is -0.307 e. The van der Waals surface area contributed by atoms with Crippen LogP contribution in [0.25, 0.3) is 0 Å². The molecule has 0 radical (unpaired) electrons. The van der Waals surface area contributed by atoms with Crippen molar-refractivity contribution in [1.82, 2.24) is 9.80 Å². The summed E-state index contributed by atoms with van der Waals surface area (Å²) in [6.45, 7) is 1.98. The molecule has 0 rings (SSSR count). The molecule has 0 saturated carbocycles. The summed E-state index contributed by atoms with van der Waals surface area (Å²) in [6, 6.07) is 0. The second kappa shape index (κ2) is 8.47.